The lowest BCUT2D eigenvalue weighted by Gasteiger charge is -2.34. The monoisotopic (exact) mass is 260 g/mol. The smallest absolute Gasteiger partial charge is 0.331 e. The molecule has 5 heteroatoms. The van der Waals surface area contributed by atoms with E-state index >= 15 is 0 Å². The average Bonchev–Trinajstić information content (AvgIpc) is 2.47. The number of para-hydroxylation sites is 1. The maximum Gasteiger partial charge on any atom is 0.331 e. The van der Waals surface area contributed by atoms with Gasteiger partial charge >= 0.3 is 6.03 Å². The van der Waals surface area contributed by atoms with Crippen molar-refractivity contribution >= 4 is 17.6 Å². The Bertz CT molecular complexity index is 509. The molecular formula is C14H16N2O3. The molecule has 1 fully saturated rings. The zero-order chi connectivity index (χ0) is 13.2. The molecular weight excluding hydrogens is 244 g/mol. The van der Waals surface area contributed by atoms with Crippen LogP contribution in [0.25, 0.3) is 0 Å². The fourth-order valence-corrected chi connectivity index (χ4v) is 2.53. The maximum atomic E-state index is 12.5. The molecule has 0 N–H and O–H groups in total. The summed E-state index contributed by atoms with van der Waals surface area (Å²) in [7, 11) is 0. The normalized spacial score (nSPS) is 19.3. The molecule has 0 aromatic heterocycles. The summed E-state index contributed by atoms with van der Waals surface area (Å²) in [6, 6.07) is 7.38. The number of hydrogen-bond donors (Lipinski definition) is 0. The van der Waals surface area contributed by atoms with Crippen LogP contribution in [0.5, 0.6) is 0 Å². The maximum absolute atomic E-state index is 12.5. The van der Waals surface area contributed by atoms with Gasteiger partial charge in [-0.05, 0) is 18.1 Å². The van der Waals surface area contributed by atoms with E-state index in [2.05, 4.69) is 0 Å². The molecule has 100 valence electrons. The van der Waals surface area contributed by atoms with E-state index < -0.39 is 0 Å². The molecule has 2 aliphatic rings. The third-order valence-corrected chi connectivity index (χ3v) is 3.56. The molecule has 1 aromatic carbocycles. The van der Waals surface area contributed by atoms with Gasteiger partial charge in [-0.25, -0.2) is 9.69 Å². The number of imide groups is 1. The number of carbonyl (C=O) groups excluding carboxylic acids is 2. The Labute approximate surface area is 111 Å². The zero-order valence-electron chi connectivity index (χ0n) is 10.7. The van der Waals surface area contributed by atoms with Crippen LogP contribution >= 0.6 is 0 Å². The van der Waals surface area contributed by atoms with Gasteiger partial charge in [-0.1, -0.05) is 18.2 Å². The summed E-state index contributed by atoms with van der Waals surface area (Å²) in [6.45, 7) is 2.17. The Morgan fingerprint density at radius 3 is 2.63 bits per heavy atom. The molecule has 1 saturated heterocycles. The number of ether oxygens (including phenoxy) is 1. The molecule has 0 radical (unpaired) electrons. The minimum absolute atomic E-state index is 0.116. The molecule has 0 aliphatic carbocycles. The lowest BCUT2D eigenvalue weighted by atomic mass is 10.0. The number of hydrogen-bond acceptors (Lipinski definition) is 3. The molecule has 5 nitrogen and oxygen atoms in total. The van der Waals surface area contributed by atoms with Gasteiger partial charge in [-0.3, -0.25) is 4.79 Å². The lowest BCUT2D eigenvalue weighted by Crippen LogP contribution is -2.51. The highest BCUT2D eigenvalue weighted by Gasteiger charge is 2.32. The Hall–Kier alpha value is -1.88. The summed E-state index contributed by atoms with van der Waals surface area (Å²) in [5.41, 5.74) is 1.79. The predicted octanol–water partition coefficient (Wildman–Crippen LogP) is 1.42. The Balaban J connectivity index is 1.90. The van der Waals surface area contributed by atoms with Crippen LogP contribution in [0.1, 0.15) is 12.0 Å². The second-order valence-corrected chi connectivity index (χ2v) is 4.74. The SMILES string of the molecule is O=C1CCc2ccccc2N1C(=O)N1CCOCC1. The first-order chi connectivity index (χ1) is 9.27. The van der Waals surface area contributed by atoms with Gasteiger partial charge in [0.15, 0.2) is 0 Å². The van der Waals surface area contributed by atoms with Crippen molar-refractivity contribution < 1.29 is 14.3 Å². The highest BCUT2D eigenvalue weighted by Crippen LogP contribution is 2.28. The van der Waals surface area contributed by atoms with Crippen molar-refractivity contribution in [2.24, 2.45) is 0 Å². The number of rotatable bonds is 0. The Morgan fingerprint density at radius 1 is 1.11 bits per heavy atom. The van der Waals surface area contributed by atoms with E-state index in [9.17, 15) is 9.59 Å². The van der Waals surface area contributed by atoms with E-state index in [1.165, 1.54) is 4.90 Å². The second kappa shape index (κ2) is 5.01. The molecule has 0 atom stereocenters. The van der Waals surface area contributed by atoms with Crippen LogP contribution < -0.4 is 4.90 Å². The van der Waals surface area contributed by atoms with Gasteiger partial charge < -0.3 is 9.64 Å². The minimum Gasteiger partial charge on any atom is -0.378 e. The van der Waals surface area contributed by atoms with E-state index in [-0.39, 0.29) is 11.9 Å². The van der Waals surface area contributed by atoms with Crippen molar-refractivity contribution in [2.45, 2.75) is 12.8 Å². The summed E-state index contributed by atoms with van der Waals surface area (Å²) in [5.74, 6) is -0.116. The van der Waals surface area contributed by atoms with Gasteiger partial charge in [0, 0.05) is 19.5 Å². The number of urea groups is 1. The van der Waals surface area contributed by atoms with Crippen LogP contribution in [-0.2, 0) is 16.0 Å². The molecule has 0 unspecified atom stereocenters. The number of morpholine rings is 1. The summed E-state index contributed by atoms with van der Waals surface area (Å²) >= 11 is 0. The Morgan fingerprint density at radius 2 is 1.84 bits per heavy atom. The van der Waals surface area contributed by atoms with Crippen LogP contribution in [-0.4, -0.2) is 43.1 Å². The molecule has 0 bridgehead atoms. The molecule has 3 amide bonds. The highest BCUT2D eigenvalue weighted by atomic mass is 16.5. The third kappa shape index (κ3) is 2.21. The van der Waals surface area contributed by atoms with E-state index in [1.54, 1.807) is 4.90 Å². The molecule has 1 aromatic rings. The molecule has 0 saturated carbocycles. The number of carbonyl (C=O) groups is 2. The van der Waals surface area contributed by atoms with Crippen molar-refractivity contribution in [2.75, 3.05) is 31.2 Å². The standard InChI is InChI=1S/C14H16N2O3/c17-13-6-5-11-3-1-2-4-12(11)16(13)14(18)15-7-9-19-10-8-15/h1-4H,5-10H2. The topological polar surface area (TPSA) is 49.9 Å². The number of amides is 3. The van der Waals surface area contributed by atoms with Crippen LogP contribution in [0.15, 0.2) is 24.3 Å². The van der Waals surface area contributed by atoms with E-state index in [4.69, 9.17) is 4.74 Å². The van der Waals surface area contributed by atoms with Gasteiger partial charge in [-0.2, -0.15) is 0 Å². The number of aryl methyl sites for hydroxylation is 1. The first-order valence-electron chi connectivity index (χ1n) is 6.55. The number of nitrogens with zero attached hydrogens (tertiary/aromatic N) is 2. The van der Waals surface area contributed by atoms with Crippen molar-refractivity contribution in [1.29, 1.82) is 0 Å². The molecule has 2 aliphatic heterocycles. The third-order valence-electron chi connectivity index (χ3n) is 3.56. The largest absolute Gasteiger partial charge is 0.378 e. The summed E-state index contributed by atoms with van der Waals surface area (Å²) < 4.78 is 5.24. The van der Waals surface area contributed by atoms with Gasteiger partial charge in [-0.15, -0.1) is 0 Å². The summed E-state index contributed by atoms with van der Waals surface area (Å²) in [5, 5.41) is 0. The zero-order valence-corrected chi connectivity index (χ0v) is 10.7. The van der Waals surface area contributed by atoms with Gasteiger partial charge in [0.1, 0.15) is 0 Å². The second-order valence-electron chi connectivity index (χ2n) is 4.74. The van der Waals surface area contributed by atoms with Crippen LogP contribution in [0.3, 0.4) is 0 Å². The molecule has 2 heterocycles. The number of anilines is 1. The summed E-state index contributed by atoms with van der Waals surface area (Å²) in [4.78, 5) is 27.6. The van der Waals surface area contributed by atoms with Crippen LogP contribution in [0.2, 0.25) is 0 Å². The first kappa shape index (κ1) is 12.2. The van der Waals surface area contributed by atoms with Crippen molar-refractivity contribution in [3.05, 3.63) is 29.8 Å². The first-order valence-corrected chi connectivity index (χ1v) is 6.55. The van der Waals surface area contributed by atoms with Gasteiger partial charge in [0.25, 0.3) is 0 Å². The molecule has 3 rings (SSSR count). The number of fused-ring (bicyclic) bond motifs is 1. The fourth-order valence-electron chi connectivity index (χ4n) is 2.53. The van der Waals surface area contributed by atoms with Crippen LogP contribution in [0, 0.1) is 0 Å². The van der Waals surface area contributed by atoms with Crippen molar-refractivity contribution in [1.82, 2.24) is 4.90 Å². The number of benzene rings is 1. The highest BCUT2D eigenvalue weighted by molar-refractivity contribution is 6.15. The van der Waals surface area contributed by atoms with E-state index in [0.717, 1.165) is 11.3 Å². The minimum atomic E-state index is -0.222. The lowest BCUT2D eigenvalue weighted by molar-refractivity contribution is -0.118. The van der Waals surface area contributed by atoms with Gasteiger partial charge in [0.2, 0.25) is 5.91 Å². The predicted molar refractivity (Wildman–Crippen MR) is 70.0 cm³/mol. The average molecular weight is 260 g/mol. The quantitative estimate of drug-likeness (QED) is 0.709. The van der Waals surface area contributed by atoms with Crippen molar-refractivity contribution in [3.8, 4) is 0 Å². The molecule has 19 heavy (non-hydrogen) atoms. The van der Waals surface area contributed by atoms with Gasteiger partial charge in [0.05, 0.1) is 18.9 Å². The molecule has 0 spiro atoms. The van der Waals surface area contributed by atoms with E-state index in [1.807, 2.05) is 24.3 Å². The fraction of sp³-hybridized carbons (Fsp3) is 0.429. The summed E-state index contributed by atoms with van der Waals surface area (Å²) in [6.07, 6.45) is 1.11. The Kier molecular flexibility index (Phi) is 3.21. The van der Waals surface area contributed by atoms with Crippen LogP contribution in [0.4, 0.5) is 10.5 Å². The van der Waals surface area contributed by atoms with Crippen molar-refractivity contribution in [3.63, 3.8) is 0 Å². The van der Waals surface area contributed by atoms with E-state index in [0.29, 0.717) is 39.1 Å².